The summed E-state index contributed by atoms with van der Waals surface area (Å²) in [7, 11) is 0. The second kappa shape index (κ2) is 8.07. The number of benzene rings is 2. The second-order valence-electron chi connectivity index (χ2n) is 8.00. The van der Waals surface area contributed by atoms with E-state index in [-0.39, 0.29) is 24.3 Å². The van der Waals surface area contributed by atoms with Crippen molar-refractivity contribution in [3.8, 4) is 16.9 Å². The highest BCUT2D eigenvalue weighted by Gasteiger charge is 2.27. The van der Waals surface area contributed by atoms with Crippen LogP contribution in [-0.4, -0.2) is 33.3 Å². The maximum Gasteiger partial charge on any atom is 0.269 e. The molecule has 0 spiro atoms. The average molecular weight is 430 g/mol. The van der Waals surface area contributed by atoms with E-state index >= 15 is 0 Å². The number of nitrogens with zero attached hydrogens (tertiary/aromatic N) is 3. The van der Waals surface area contributed by atoms with Gasteiger partial charge in [0, 0.05) is 35.7 Å². The first-order chi connectivity index (χ1) is 15.5. The van der Waals surface area contributed by atoms with Gasteiger partial charge in [-0.05, 0) is 49.7 Å². The number of halogens is 1. The first kappa shape index (κ1) is 20.2. The van der Waals surface area contributed by atoms with Crippen molar-refractivity contribution in [1.29, 1.82) is 0 Å². The summed E-state index contributed by atoms with van der Waals surface area (Å²) in [6, 6.07) is 15.0. The lowest BCUT2D eigenvalue weighted by atomic mass is 10.0. The lowest BCUT2D eigenvalue weighted by Crippen LogP contribution is -2.35. The summed E-state index contributed by atoms with van der Waals surface area (Å²) in [6.07, 6.45) is 1.95. The minimum Gasteiger partial charge on any atom is -0.485 e. The molecule has 6 nitrogen and oxygen atoms in total. The number of aryl methyl sites for hydroxylation is 2. The van der Waals surface area contributed by atoms with Gasteiger partial charge in [-0.1, -0.05) is 18.2 Å². The highest BCUT2D eigenvalue weighted by Crippen LogP contribution is 2.36. The molecule has 1 atom stereocenters. The second-order valence-corrected chi connectivity index (χ2v) is 8.00. The Hall–Kier alpha value is -3.74. The largest absolute Gasteiger partial charge is 0.485 e. The number of carbonyl (C=O) groups excluding carboxylic acids is 1. The molecule has 1 amide bonds. The number of nitrogens with one attached hydrogen (secondary N) is 1. The Balaban J connectivity index is 1.32. The summed E-state index contributed by atoms with van der Waals surface area (Å²) in [5, 5.41) is 8.20. The zero-order valence-corrected chi connectivity index (χ0v) is 17.9. The number of hydrogen-bond acceptors (Lipinski definition) is 4. The molecule has 0 saturated heterocycles. The molecule has 0 bridgehead atoms. The normalized spacial score (nSPS) is 14.9. The van der Waals surface area contributed by atoms with Crippen LogP contribution in [0.2, 0.25) is 0 Å². The minimum atomic E-state index is -0.404. The lowest BCUT2D eigenvalue weighted by Gasteiger charge is -2.12. The predicted octanol–water partition coefficient (Wildman–Crippen LogP) is 4.30. The van der Waals surface area contributed by atoms with Gasteiger partial charge in [0.1, 0.15) is 11.8 Å². The number of pyridine rings is 1. The van der Waals surface area contributed by atoms with Crippen LogP contribution >= 0.6 is 0 Å². The topological polar surface area (TPSA) is 69.0 Å². The van der Waals surface area contributed by atoms with Gasteiger partial charge in [0.2, 0.25) is 0 Å². The number of carbonyl (C=O) groups is 1. The molecule has 1 aliphatic heterocycles. The molecule has 1 N–H and O–H groups in total. The van der Waals surface area contributed by atoms with Gasteiger partial charge in [-0.3, -0.25) is 14.5 Å². The molecule has 7 heteroatoms. The molecular formula is C25H23FN4O2. The van der Waals surface area contributed by atoms with Crippen LogP contribution in [0.4, 0.5) is 4.39 Å². The Labute approximate surface area is 185 Å². The third-order valence-corrected chi connectivity index (χ3v) is 5.70. The average Bonchev–Trinajstić information content (AvgIpc) is 3.40. The Kier molecular flexibility index (Phi) is 5.09. The van der Waals surface area contributed by atoms with Gasteiger partial charge in [-0.25, -0.2) is 4.39 Å². The molecule has 162 valence electrons. The fourth-order valence-corrected chi connectivity index (χ4v) is 4.16. The van der Waals surface area contributed by atoms with E-state index in [4.69, 9.17) is 4.74 Å². The summed E-state index contributed by atoms with van der Waals surface area (Å²) >= 11 is 0. The van der Waals surface area contributed by atoms with Gasteiger partial charge < -0.3 is 10.1 Å². The molecule has 2 aromatic carbocycles. The van der Waals surface area contributed by atoms with E-state index in [0.29, 0.717) is 18.7 Å². The van der Waals surface area contributed by atoms with Crippen LogP contribution in [0.1, 0.15) is 28.7 Å². The minimum absolute atomic E-state index is 0.213. The predicted molar refractivity (Wildman–Crippen MR) is 120 cm³/mol. The van der Waals surface area contributed by atoms with Crippen molar-refractivity contribution < 1.29 is 13.9 Å². The maximum absolute atomic E-state index is 14.8. The third kappa shape index (κ3) is 3.70. The summed E-state index contributed by atoms with van der Waals surface area (Å²) in [5.41, 5.74) is 4.61. The molecule has 1 unspecified atom stereocenters. The SMILES string of the molecule is CCn1nc(C)cc1C(=O)NCC1Cc2cc(-c3cnc4ccccc4c3)cc(F)c2O1. The van der Waals surface area contributed by atoms with E-state index in [1.54, 1.807) is 16.9 Å². The number of fused-ring (bicyclic) bond motifs is 2. The first-order valence-electron chi connectivity index (χ1n) is 10.7. The van der Waals surface area contributed by atoms with Gasteiger partial charge in [-0.15, -0.1) is 0 Å². The van der Waals surface area contributed by atoms with Crippen molar-refractivity contribution in [3.63, 3.8) is 0 Å². The van der Waals surface area contributed by atoms with Crippen molar-refractivity contribution in [3.05, 3.63) is 77.5 Å². The van der Waals surface area contributed by atoms with E-state index in [2.05, 4.69) is 15.4 Å². The molecule has 0 saturated carbocycles. The Bertz CT molecular complexity index is 1330. The third-order valence-electron chi connectivity index (χ3n) is 5.70. The van der Waals surface area contributed by atoms with Gasteiger partial charge >= 0.3 is 0 Å². The summed E-state index contributed by atoms with van der Waals surface area (Å²) in [4.78, 5) is 17.1. The van der Waals surface area contributed by atoms with Crippen molar-refractivity contribution >= 4 is 16.8 Å². The van der Waals surface area contributed by atoms with Crippen LogP contribution in [0.15, 0.2) is 54.7 Å². The summed E-state index contributed by atoms with van der Waals surface area (Å²) in [6.45, 7) is 4.68. The van der Waals surface area contributed by atoms with Crippen LogP contribution in [0.5, 0.6) is 5.75 Å². The number of hydrogen-bond donors (Lipinski definition) is 1. The molecule has 5 rings (SSSR count). The highest BCUT2D eigenvalue weighted by atomic mass is 19.1. The van der Waals surface area contributed by atoms with Gasteiger partial charge in [0.05, 0.1) is 17.8 Å². The quantitative estimate of drug-likeness (QED) is 0.513. The smallest absolute Gasteiger partial charge is 0.269 e. The van der Waals surface area contributed by atoms with Gasteiger partial charge in [-0.2, -0.15) is 5.10 Å². The number of rotatable bonds is 5. The first-order valence-corrected chi connectivity index (χ1v) is 10.7. The molecule has 0 aliphatic carbocycles. The molecular weight excluding hydrogens is 407 g/mol. The van der Waals surface area contributed by atoms with Crippen LogP contribution < -0.4 is 10.1 Å². The van der Waals surface area contributed by atoms with E-state index in [1.165, 1.54) is 6.07 Å². The monoisotopic (exact) mass is 430 g/mol. The van der Waals surface area contributed by atoms with Crippen molar-refractivity contribution in [2.45, 2.75) is 32.9 Å². The van der Waals surface area contributed by atoms with E-state index < -0.39 is 5.82 Å². The van der Waals surface area contributed by atoms with Crippen LogP contribution in [0, 0.1) is 12.7 Å². The lowest BCUT2D eigenvalue weighted by molar-refractivity contribution is 0.0922. The number of amides is 1. The molecule has 3 heterocycles. The van der Waals surface area contributed by atoms with Gasteiger partial charge in [0.25, 0.3) is 5.91 Å². The van der Waals surface area contributed by atoms with E-state index in [0.717, 1.165) is 33.3 Å². The summed E-state index contributed by atoms with van der Waals surface area (Å²) in [5.74, 6) is -0.356. The van der Waals surface area contributed by atoms with Crippen LogP contribution in [0.3, 0.4) is 0 Å². The van der Waals surface area contributed by atoms with Crippen molar-refractivity contribution in [2.24, 2.45) is 0 Å². The highest BCUT2D eigenvalue weighted by molar-refractivity contribution is 5.92. The Morgan fingerprint density at radius 3 is 2.91 bits per heavy atom. The number of para-hydroxylation sites is 1. The number of ether oxygens (including phenoxy) is 1. The van der Waals surface area contributed by atoms with Crippen molar-refractivity contribution in [1.82, 2.24) is 20.1 Å². The Morgan fingerprint density at radius 1 is 1.22 bits per heavy atom. The standard InChI is InChI=1S/C25H23FN4O2/c1-3-30-23(8-15(2)29-30)25(31)28-14-20-11-18-10-17(12-21(26)24(18)32-20)19-9-16-6-4-5-7-22(16)27-13-19/h4-10,12-13,20H,3,11,14H2,1-2H3,(H,28,31). The fourth-order valence-electron chi connectivity index (χ4n) is 4.16. The molecule has 0 radical (unpaired) electrons. The molecule has 2 aromatic heterocycles. The van der Waals surface area contributed by atoms with Gasteiger partial charge in [0.15, 0.2) is 11.6 Å². The number of aromatic nitrogens is 3. The van der Waals surface area contributed by atoms with E-state index in [9.17, 15) is 9.18 Å². The summed E-state index contributed by atoms with van der Waals surface area (Å²) < 4.78 is 22.3. The Morgan fingerprint density at radius 2 is 2.06 bits per heavy atom. The van der Waals surface area contributed by atoms with Crippen molar-refractivity contribution in [2.75, 3.05) is 6.54 Å². The molecule has 1 aliphatic rings. The molecule has 4 aromatic rings. The van der Waals surface area contributed by atoms with Crippen LogP contribution in [0.25, 0.3) is 22.0 Å². The molecule has 32 heavy (non-hydrogen) atoms. The fraction of sp³-hybridized carbons (Fsp3) is 0.240. The van der Waals surface area contributed by atoms with Crippen LogP contribution in [-0.2, 0) is 13.0 Å². The maximum atomic E-state index is 14.8. The molecule has 0 fully saturated rings. The zero-order valence-electron chi connectivity index (χ0n) is 17.9. The van der Waals surface area contributed by atoms with E-state index in [1.807, 2.05) is 50.2 Å². The zero-order chi connectivity index (χ0) is 22.2.